The molecule has 1 aliphatic heterocycles. The number of piperazine rings is 1. The minimum atomic E-state index is -0.0106. The van der Waals surface area contributed by atoms with E-state index in [0.717, 1.165) is 26.2 Å². The summed E-state index contributed by atoms with van der Waals surface area (Å²) in [5, 5.41) is 6.53. The van der Waals surface area contributed by atoms with Crippen molar-refractivity contribution in [2.75, 3.05) is 38.5 Å². The molecule has 1 saturated heterocycles. The maximum absolute atomic E-state index is 12.1. The number of rotatable bonds is 2. The monoisotopic (exact) mass is 254 g/mol. The van der Waals surface area contributed by atoms with Crippen molar-refractivity contribution in [1.29, 1.82) is 0 Å². The highest BCUT2D eigenvalue weighted by Gasteiger charge is 2.18. The number of anilines is 1. The van der Waals surface area contributed by atoms with Crippen LogP contribution >= 0.6 is 11.6 Å². The van der Waals surface area contributed by atoms with E-state index in [-0.39, 0.29) is 5.91 Å². The lowest BCUT2D eigenvalue weighted by Gasteiger charge is -2.27. The van der Waals surface area contributed by atoms with Gasteiger partial charge in [-0.25, -0.2) is 4.98 Å². The molecule has 2 N–H and O–H groups in total. The van der Waals surface area contributed by atoms with Gasteiger partial charge in [-0.05, 0) is 6.07 Å². The number of nitrogens with zero attached hydrogens (tertiary/aromatic N) is 2. The molecule has 1 aromatic rings. The van der Waals surface area contributed by atoms with Crippen LogP contribution in [0.15, 0.2) is 12.3 Å². The number of nitrogens with one attached hydrogen (secondary N) is 2. The Hall–Kier alpha value is -1.33. The Morgan fingerprint density at radius 3 is 2.82 bits per heavy atom. The van der Waals surface area contributed by atoms with Gasteiger partial charge in [-0.1, -0.05) is 11.6 Å². The third-order valence-corrected chi connectivity index (χ3v) is 3.02. The van der Waals surface area contributed by atoms with Crippen LogP contribution in [0.2, 0.25) is 5.02 Å². The first-order chi connectivity index (χ1) is 8.22. The summed E-state index contributed by atoms with van der Waals surface area (Å²) in [5.74, 6) is 0.576. The number of carbonyl (C=O) groups is 1. The van der Waals surface area contributed by atoms with E-state index < -0.39 is 0 Å². The molecule has 1 amide bonds. The maximum Gasteiger partial charge on any atom is 0.255 e. The Labute approximate surface area is 105 Å². The topological polar surface area (TPSA) is 57.3 Å². The number of pyridine rings is 1. The van der Waals surface area contributed by atoms with E-state index in [0.29, 0.717) is 16.4 Å². The molecule has 0 atom stereocenters. The molecule has 0 saturated carbocycles. The van der Waals surface area contributed by atoms with Crippen molar-refractivity contribution in [2.24, 2.45) is 0 Å². The van der Waals surface area contributed by atoms with Gasteiger partial charge in [0.25, 0.3) is 5.91 Å². The molecule has 1 aliphatic rings. The predicted octanol–water partition coefficient (Wildman–Crippen LogP) is 0.822. The Morgan fingerprint density at radius 2 is 2.24 bits per heavy atom. The molecule has 17 heavy (non-hydrogen) atoms. The zero-order valence-corrected chi connectivity index (χ0v) is 10.4. The van der Waals surface area contributed by atoms with Gasteiger partial charge in [-0.3, -0.25) is 4.79 Å². The Kier molecular flexibility index (Phi) is 3.81. The summed E-state index contributed by atoms with van der Waals surface area (Å²) in [6.45, 7) is 3.12. The van der Waals surface area contributed by atoms with E-state index in [9.17, 15) is 4.79 Å². The van der Waals surface area contributed by atoms with Crippen LogP contribution in [-0.2, 0) is 0 Å². The molecule has 5 nitrogen and oxygen atoms in total. The first-order valence-corrected chi connectivity index (χ1v) is 5.93. The molecule has 0 aromatic carbocycles. The first-order valence-electron chi connectivity index (χ1n) is 5.55. The number of hydrogen-bond acceptors (Lipinski definition) is 4. The lowest BCUT2D eigenvalue weighted by Crippen LogP contribution is -2.46. The molecule has 0 spiro atoms. The lowest BCUT2D eigenvalue weighted by atomic mass is 10.2. The Balaban J connectivity index is 2.16. The molecule has 0 aliphatic carbocycles. The van der Waals surface area contributed by atoms with Crippen LogP contribution in [0.25, 0.3) is 0 Å². The molecule has 2 heterocycles. The summed E-state index contributed by atoms with van der Waals surface area (Å²) in [5.41, 5.74) is 0.538. The van der Waals surface area contributed by atoms with Gasteiger partial charge in [0.15, 0.2) is 0 Å². The minimum absolute atomic E-state index is 0.0106. The fourth-order valence-electron chi connectivity index (χ4n) is 1.79. The van der Waals surface area contributed by atoms with Crippen molar-refractivity contribution in [2.45, 2.75) is 0 Å². The van der Waals surface area contributed by atoms with Crippen molar-refractivity contribution in [3.63, 3.8) is 0 Å². The van der Waals surface area contributed by atoms with Gasteiger partial charge in [0.2, 0.25) is 0 Å². The van der Waals surface area contributed by atoms with E-state index >= 15 is 0 Å². The third-order valence-electron chi connectivity index (χ3n) is 2.73. The number of hydrogen-bond donors (Lipinski definition) is 2. The molecular formula is C11H15ClN4O. The number of halogens is 1. The quantitative estimate of drug-likeness (QED) is 0.821. The fourth-order valence-corrected chi connectivity index (χ4v) is 2.05. The van der Waals surface area contributed by atoms with Gasteiger partial charge in [-0.2, -0.15) is 0 Å². The third kappa shape index (κ3) is 2.68. The SMILES string of the molecule is CNc1ncc(C(=O)N2CCNCC2)cc1Cl. The highest BCUT2D eigenvalue weighted by Crippen LogP contribution is 2.20. The second-order valence-corrected chi connectivity index (χ2v) is 4.25. The van der Waals surface area contributed by atoms with Crippen molar-refractivity contribution < 1.29 is 4.79 Å². The largest absolute Gasteiger partial charge is 0.372 e. The summed E-state index contributed by atoms with van der Waals surface area (Å²) in [4.78, 5) is 18.0. The lowest BCUT2D eigenvalue weighted by molar-refractivity contribution is 0.0735. The summed E-state index contributed by atoms with van der Waals surface area (Å²) in [6, 6.07) is 1.66. The maximum atomic E-state index is 12.1. The average molecular weight is 255 g/mol. The summed E-state index contributed by atoms with van der Waals surface area (Å²) < 4.78 is 0. The van der Waals surface area contributed by atoms with Gasteiger partial charge in [0.1, 0.15) is 5.82 Å². The smallest absolute Gasteiger partial charge is 0.255 e. The van der Waals surface area contributed by atoms with Crippen LogP contribution in [0.1, 0.15) is 10.4 Å². The second kappa shape index (κ2) is 5.33. The molecule has 1 fully saturated rings. The van der Waals surface area contributed by atoms with E-state index in [1.54, 1.807) is 19.3 Å². The van der Waals surface area contributed by atoms with Crippen molar-refractivity contribution in [1.82, 2.24) is 15.2 Å². The van der Waals surface area contributed by atoms with Gasteiger partial charge in [-0.15, -0.1) is 0 Å². The van der Waals surface area contributed by atoms with Gasteiger partial charge in [0.05, 0.1) is 10.6 Å². The molecule has 0 unspecified atom stereocenters. The molecule has 92 valence electrons. The van der Waals surface area contributed by atoms with E-state index in [1.807, 2.05) is 4.90 Å². The van der Waals surface area contributed by atoms with Crippen molar-refractivity contribution >= 4 is 23.3 Å². The van der Waals surface area contributed by atoms with Gasteiger partial charge in [0, 0.05) is 39.4 Å². The zero-order chi connectivity index (χ0) is 12.3. The van der Waals surface area contributed by atoms with Crippen LogP contribution in [0.4, 0.5) is 5.82 Å². The normalized spacial score (nSPS) is 15.8. The van der Waals surface area contributed by atoms with Crippen LogP contribution in [0.3, 0.4) is 0 Å². The Morgan fingerprint density at radius 1 is 1.53 bits per heavy atom. The number of aromatic nitrogens is 1. The fraction of sp³-hybridized carbons (Fsp3) is 0.455. The van der Waals surface area contributed by atoms with Crippen molar-refractivity contribution in [3.8, 4) is 0 Å². The van der Waals surface area contributed by atoms with Crippen LogP contribution in [0.5, 0.6) is 0 Å². The molecule has 1 aromatic heterocycles. The predicted molar refractivity (Wildman–Crippen MR) is 67.6 cm³/mol. The first kappa shape index (κ1) is 12.1. The van der Waals surface area contributed by atoms with Crippen LogP contribution in [-0.4, -0.2) is 49.0 Å². The highest BCUT2D eigenvalue weighted by molar-refractivity contribution is 6.33. The van der Waals surface area contributed by atoms with Gasteiger partial charge < -0.3 is 15.5 Å². The van der Waals surface area contributed by atoms with Crippen LogP contribution in [0, 0.1) is 0 Å². The number of amides is 1. The standard InChI is InChI=1S/C11H15ClN4O/c1-13-10-9(12)6-8(7-15-10)11(17)16-4-2-14-3-5-16/h6-7,14H,2-5H2,1H3,(H,13,15). The molecular weight excluding hydrogens is 240 g/mol. The van der Waals surface area contributed by atoms with Gasteiger partial charge >= 0.3 is 0 Å². The summed E-state index contributed by atoms with van der Waals surface area (Å²) in [7, 11) is 1.74. The molecule has 0 radical (unpaired) electrons. The van der Waals surface area contributed by atoms with E-state index in [4.69, 9.17) is 11.6 Å². The highest BCUT2D eigenvalue weighted by atomic mass is 35.5. The van der Waals surface area contributed by atoms with Crippen LogP contribution < -0.4 is 10.6 Å². The summed E-state index contributed by atoms with van der Waals surface area (Å²) in [6.07, 6.45) is 1.56. The zero-order valence-electron chi connectivity index (χ0n) is 9.66. The minimum Gasteiger partial charge on any atom is -0.372 e. The Bertz CT molecular complexity index is 418. The average Bonchev–Trinajstić information content (AvgIpc) is 2.39. The molecule has 0 bridgehead atoms. The second-order valence-electron chi connectivity index (χ2n) is 3.85. The summed E-state index contributed by atoms with van der Waals surface area (Å²) >= 11 is 6.00. The van der Waals surface area contributed by atoms with E-state index in [1.165, 1.54) is 0 Å². The molecule has 6 heteroatoms. The number of carbonyl (C=O) groups excluding carboxylic acids is 1. The molecule has 2 rings (SSSR count). The van der Waals surface area contributed by atoms with E-state index in [2.05, 4.69) is 15.6 Å². The van der Waals surface area contributed by atoms with Crippen molar-refractivity contribution in [3.05, 3.63) is 22.8 Å².